The summed E-state index contributed by atoms with van der Waals surface area (Å²) in [4.78, 5) is 2.49. The van der Waals surface area contributed by atoms with Crippen molar-refractivity contribution in [1.29, 1.82) is 0 Å². The molecule has 1 saturated heterocycles. The first-order valence-electron chi connectivity index (χ1n) is 7.46. The summed E-state index contributed by atoms with van der Waals surface area (Å²) >= 11 is 0. The fraction of sp³-hybridized carbons (Fsp3) is 1.00. The van der Waals surface area contributed by atoms with E-state index in [1.807, 2.05) is 0 Å². The van der Waals surface area contributed by atoms with Gasteiger partial charge in [-0.05, 0) is 54.0 Å². The van der Waals surface area contributed by atoms with Crippen LogP contribution in [0.2, 0.25) is 0 Å². The zero-order valence-corrected chi connectivity index (χ0v) is 13.1. The molecule has 1 aliphatic heterocycles. The zero-order chi connectivity index (χ0) is 13.8. The standard InChI is InChI=1S/C15H32N2O/c1-7-17(12(2)3)11-14-9-8-13(18-14)10-16-15(4,5)6/h12-14,16H,7-11H2,1-6H3. The van der Waals surface area contributed by atoms with Crippen LogP contribution in [0.1, 0.15) is 54.4 Å². The second kappa shape index (κ2) is 6.88. The van der Waals surface area contributed by atoms with Crippen LogP contribution in [-0.2, 0) is 4.74 Å². The van der Waals surface area contributed by atoms with E-state index < -0.39 is 0 Å². The Bertz CT molecular complexity index is 235. The quantitative estimate of drug-likeness (QED) is 0.791. The van der Waals surface area contributed by atoms with Gasteiger partial charge in [-0.2, -0.15) is 0 Å². The molecule has 3 nitrogen and oxygen atoms in total. The molecule has 108 valence electrons. The van der Waals surface area contributed by atoms with Crippen molar-refractivity contribution >= 4 is 0 Å². The highest BCUT2D eigenvalue weighted by Crippen LogP contribution is 2.21. The number of hydrogen-bond acceptors (Lipinski definition) is 3. The Labute approximate surface area is 113 Å². The van der Waals surface area contributed by atoms with Crippen LogP contribution in [0.25, 0.3) is 0 Å². The number of rotatable bonds is 6. The Morgan fingerprint density at radius 2 is 1.83 bits per heavy atom. The molecule has 0 aliphatic carbocycles. The largest absolute Gasteiger partial charge is 0.372 e. The van der Waals surface area contributed by atoms with E-state index in [1.54, 1.807) is 0 Å². The lowest BCUT2D eigenvalue weighted by atomic mass is 10.1. The summed E-state index contributed by atoms with van der Waals surface area (Å²) in [5, 5.41) is 3.54. The predicted molar refractivity (Wildman–Crippen MR) is 78.0 cm³/mol. The maximum Gasteiger partial charge on any atom is 0.0707 e. The molecule has 0 aromatic carbocycles. The first-order chi connectivity index (χ1) is 8.31. The molecular formula is C15H32N2O. The third kappa shape index (κ3) is 5.68. The lowest BCUT2D eigenvalue weighted by Gasteiger charge is -2.28. The Balaban J connectivity index is 2.28. The third-order valence-electron chi connectivity index (χ3n) is 3.63. The third-order valence-corrected chi connectivity index (χ3v) is 3.63. The maximum atomic E-state index is 6.14. The van der Waals surface area contributed by atoms with Crippen LogP contribution in [-0.4, -0.2) is 48.3 Å². The van der Waals surface area contributed by atoms with Gasteiger partial charge in [0.25, 0.3) is 0 Å². The number of nitrogens with zero attached hydrogens (tertiary/aromatic N) is 1. The van der Waals surface area contributed by atoms with E-state index in [4.69, 9.17) is 4.74 Å². The van der Waals surface area contributed by atoms with Gasteiger partial charge in [0.1, 0.15) is 0 Å². The first kappa shape index (κ1) is 15.9. The Hall–Kier alpha value is -0.120. The normalized spacial score (nSPS) is 25.3. The van der Waals surface area contributed by atoms with E-state index >= 15 is 0 Å². The molecule has 0 saturated carbocycles. The van der Waals surface area contributed by atoms with Crippen molar-refractivity contribution in [2.24, 2.45) is 0 Å². The molecule has 18 heavy (non-hydrogen) atoms. The summed E-state index contributed by atoms with van der Waals surface area (Å²) in [6, 6.07) is 0.616. The van der Waals surface area contributed by atoms with Crippen molar-refractivity contribution in [1.82, 2.24) is 10.2 Å². The van der Waals surface area contributed by atoms with Gasteiger partial charge in [-0.1, -0.05) is 6.92 Å². The summed E-state index contributed by atoms with van der Waals surface area (Å²) in [5.74, 6) is 0. The molecule has 1 fully saturated rings. The van der Waals surface area contributed by atoms with E-state index in [0.29, 0.717) is 18.2 Å². The molecule has 3 heteroatoms. The van der Waals surface area contributed by atoms with Crippen LogP contribution in [0.4, 0.5) is 0 Å². The van der Waals surface area contributed by atoms with Crippen molar-refractivity contribution in [3.05, 3.63) is 0 Å². The fourth-order valence-electron chi connectivity index (χ4n) is 2.45. The van der Waals surface area contributed by atoms with E-state index in [9.17, 15) is 0 Å². The van der Waals surface area contributed by atoms with Crippen LogP contribution in [0, 0.1) is 0 Å². The highest BCUT2D eigenvalue weighted by atomic mass is 16.5. The zero-order valence-electron chi connectivity index (χ0n) is 13.1. The van der Waals surface area contributed by atoms with Gasteiger partial charge in [-0.25, -0.2) is 0 Å². The van der Waals surface area contributed by atoms with Crippen LogP contribution >= 0.6 is 0 Å². The average molecular weight is 256 g/mol. The topological polar surface area (TPSA) is 24.5 Å². The minimum Gasteiger partial charge on any atom is -0.372 e. The molecule has 0 amide bonds. The Morgan fingerprint density at radius 3 is 2.33 bits per heavy atom. The second-order valence-corrected chi connectivity index (χ2v) is 6.77. The molecule has 0 spiro atoms. The van der Waals surface area contributed by atoms with Gasteiger partial charge < -0.3 is 10.1 Å². The van der Waals surface area contributed by atoms with Gasteiger partial charge in [0.15, 0.2) is 0 Å². The van der Waals surface area contributed by atoms with E-state index in [2.05, 4.69) is 51.8 Å². The van der Waals surface area contributed by atoms with Crippen molar-refractivity contribution in [3.8, 4) is 0 Å². The van der Waals surface area contributed by atoms with E-state index in [1.165, 1.54) is 12.8 Å². The van der Waals surface area contributed by atoms with Gasteiger partial charge in [-0.15, -0.1) is 0 Å². The van der Waals surface area contributed by atoms with Gasteiger partial charge in [0.2, 0.25) is 0 Å². The molecule has 1 rings (SSSR count). The number of hydrogen-bond donors (Lipinski definition) is 1. The molecule has 0 aromatic heterocycles. The maximum absolute atomic E-state index is 6.14. The molecule has 0 bridgehead atoms. The summed E-state index contributed by atoms with van der Waals surface area (Å²) in [6.07, 6.45) is 3.24. The second-order valence-electron chi connectivity index (χ2n) is 6.77. The molecule has 1 N–H and O–H groups in total. The molecule has 0 radical (unpaired) electrons. The Morgan fingerprint density at radius 1 is 1.22 bits per heavy atom. The highest BCUT2D eigenvalue weighted by Gasteiger charge is 2.27. The highest BCUT2D eigenvalue weighted by molar-refractivity contribution is 4.81. The van der Waals surface area contributed by atoms with Crippen molar-refractivity contribution < 1.29 is 4.74 Å². The molecule has 1 heterocycles. The van der Waals surface area contributed by atoms with E-state index in [-0.39, 0.29) is 5.54 Å². The van der Waals surface area contributed by atoms with E-state index in [0.717, 1.165) is 19.6 Å². The lowest BCUT2D eigenvalue weighted by molar-refractivity contribution is 0.0162. The molecule has 2 unspecified atom stereocenters. The Kier molecular flexibility index (Phi) is 6.09. The molecule has 1 aliphatic rings. The summed E-state index contributed by atoms with van der Waals surface area (Å²) < 4.78 is 6.14. The molecule has 0 aromatic rings. The number of nitrogens with one attached hydrogen (secondary N) is 1. The summed E-state index contributed by atoms with van der Waals surface area (Å²) in [7, 11) is 0. The van der Waals surface area contributed by atoms with Gasteiger partial charge in [0.05, 0.1) is 12.2 Å². The van der Waals surface area contributed by atoms with Crippen molar-refractivity contribution in [2.45, 2.75) is 78.2 Å². The summed E-state index contributed by atoms with van der Waals surface area (Å²) in [5.41, 5.74) is 0.189. The summed E-state index contributed by atoms with van der Waals surface area (Å²) in [6.45, 7) is 16.5. The van der Waals surface area contributed by atoms with Crippen molar-refractivity contribution in [3.63, 3.8) is 0 Å². The van der Waals surface area contributed by atoms with Gasteiger partial charge in [0, 0.05) is 24.7 Å². The van der Waals surface area contributed by atoms with Crippen LogP contribution in [0.5, 0.6) is 0 Å². The van der Waals surface area contributed by atoms with Gasteiger partial charge in [-0.3, -0.25) is 4.90 Å². The minimum absolute atomic E-state index is 0.189. The SMILES string of the molecule is CCN(CC1CCC(CNC(C)(C)C)O1)C(C)C. The first-order valence-corrected chi connectivity index (χ1v) is 7.46. The smallest absolute Gasteiger partial charge is 0.0707 e. The number of likely N-dealkylation sites (N-methyl/N-ethyl adjacent to an activating group) is 1. The molecular weight excluding hydrogens is 224 g/mol. The predicted octanol–water partition coefficient (Wildman–Crippen LogP) is 2.65. The van der Waals surface area contributed by atoms with Crippen LogP contribution in [0.3, 0.4) is 0 Å². The molecule has 2 atom stereocenters. The lowest BCUT2D eigenvalue weighted by Crippen LogP contribution is -2.41. The monoisotopic (exact) mass is 256 g/mol. The fourth-order valence-corrected chi connectivity index (χ4v) is 2.45. The average Bonchev–Trinajstić information content (AvgIpc) is 2.69. The van der Waals surface area contributed by atoms with Crippen LogP contribution in [0.15, 0.2) is 0 Å². The minimum atomic E-state index is 0.189. The number of ether oxygens (including phenoxy) is 1. The van der Waals surface area contributed by atoms with Crippen LogP contribution < -0.4 is 5.32 Å². The van der Waals surface area contributed by atoms with Crippen molar-refractivity contribution in [2.75, 3.05) is 19.6 Å². The van der Waals surface area contributed by atoms with Gasteiger partial charge >= 0.3 is 0 Å².